The zero-order valence-electron chi connectivity index (χ0n) is 10.4. The predicted molar refractivity (Wildman–Crippen MR) is 73.6 cm³/mol. The van der Waals surface area contributed by atoms with Gasteiger partial charge in [0.25, 0.3) is 0 Å². The number of ether oxygens (including phenoxy) is 1. The molecular weight excluding hydrogens is 240 g/mol. The molecule has 0 spiro atoms. The van der Waals surface area contributed by atoms with Crippen LogP contribution in [-0.2, 0) is 0 Å². The Bertz CT molecular complexity index is 726. The minimum absolute atomic E-state index is 0.342. The van der Waals surface area contributed by atoms with E-state index in [1.165, 1.54) is 0 Å². The minimum Gasteiger partial charge on any atom is -0.497 e. The molecule has 0 amide bonds. The van der Waals surface area contributed by atoms with Gasteiger partial charge < -0.3 is 9.15 Å². The van der Waals surface area contributed by atoms with Gasteiger partial charge in [-0.1, -0.05) is 30.3 Å². The van der Waals surface area contributed by atoms with E-state index in [-0.39, 0.29) is 0 Å². The number of hydrogen-bond acceptors (Lipinski definition) is 3. The standard InChI is InChI=1S/C16H12O3/c1-18-12-7-8-13-14(9-12)19-15(10-17)16(13)11-5-3-2-4-6-11/h2-10H,1H3. The molecule has 1 aromatic heterocycles. The van der Waals surface area contributed by atoms with Crippen LogP contribution in [0.3, 0.4) is 0 Å². The lowest BCUT2D eigenvalue weighted by Crippen LogP contribution is -1.82. The molecule has 0 N–H and O–H groups in total. The fourth-order valence-electron chi connectivity index (χ4n) is 2.21. The topological polar surface area (TPSA) is 39.4 Å². The first-order chi connectivity index (χ1) is 9.33. The number of aldehydes is 1. The molecule has 3 nitrogen and oxygen atoms in total. The molecular formula is C16H12O3. The van der Waals surface area contributed by atoms with E-state index in [0.717, 1.165) is 22.8 Å². The molecule has 3 heteroatoms. The van der Waals surface area contributed by atoms with Gasteiger partial charge >= 0.3 is 0 Å². The Hall–Kier alpha value is -2.55. The van der Waals surface area contributed by atoms with Crippen molar-refractivity contribution in [2.75, 3.05) is 7.11 Å². The molecule has 0 radical (unpaired) electrons. The van der Waals surface area contributed by atoms with Crippen molar-refractivity contribution in [3.63, 3.8) is 0 Å². The van der Waals surface area contributed by atoms with Crippen LogP contribution in [0.4, 0.5) is 0 Å². The lowest BCUT2D eigenvalue weighted by atomic mass is 10.0. The SMILES string of the molecule is COc1ccc2c(-c3ccccc3)c(C=O)oc2c1. The molecule has 0 unspecified atom stereocenters. The van der Waals surface area contributed by atoms with Crippen LogP contribution in [0.15, 0.2) is 52.9 Å². The van der Waals surface area contributed by atoms with Gasteiger partial charge in [0, 0.05) is 17.0 Å². The first kappa shape index (κ1) is 11.5. The number of carbonyl (C=O) groups is 1. The van der Waals surface area contributed by atoms with E-state index in [2.05, 4.69) is 0 Å². The molecule has 0 aliphatic heterocycles. The molecule has 0 aliphatic rings. The summed E-state index contributed by atoms with van der Waals surface area (Å²) in [6.07, 6.45) is 0.745. The maximum absolute atomic E-state index is 11.2. The fraction of sp³-hybridized carbons (Fsp3) is 0.0625. The van der Waals surface area contributed by atoms with E-state index in [1.54, 1.807) is 13.2 Å². The molecule has 0 saturated heterocycles. The van der Waals surface area contributed by atoms with Crippen LogP contribution in [0.5, 0.6) is 5.75 Å². The Kier molecular flexibility index (Phi) is 2.80. The predicted octanol–water partition coefficient (Wildman–Crippen LogP) is 3.92. The van der Waals surface area contributed by atoms with Crippen LogP contribution in [0, 0.1) is 0 Å². The van der Waals surface area contributed by atoms with Crippen LogP contribution in [0.2, 0.25) is 0 Å². The zero-order chi connectivity index (χ0) is 13.2. The highest BCUT2D eigenvalue weighted by atomic mass is 16.5. The summed E-state index contributed by atoms with van der Waals surface area (Å²) in [6.45, 7) is 0. The number of benzene rings is 2. The fourth-order valence-corrected chi connectivity index (χ4v) is 2.21. The van der Waals surface area contributed by atoms with Gasteiger partial charge in [0.1, 0.15) is 11.3 Å². The van der Waals surface area contributed by atoms with Crippen molar-refractivity contribution < 1.29 is 13.9 Å². The lowest BCUT2D eigenvalue weighted by Gasteiger charge is -2.00. The Morgan fingerprint density at radius 2 is 1.89 bits per heavy atom. The summed E-state index contributed by atoms with van der Waals surface area (Å²) in [5, 5.41) is 0.911. The van der Waals surface area contributed by atoms with Crippen LogP contribution in [0.25, 0.3) is 22.1 Å². The third-order valence-corrected chi connectivity index (χ3v) is 3.09. The molecule has 0 atom stereocenters. The van der Waals surface area contributed by atoms with Crippen molar-refractivity contribution in [3.8, 4) is 16.9 Å². The van der Waals surface area contributed by atoms with Crippen LogP contribution >= 0.6 is 0 Å². The van der Waals surface area contributed by atoms with Gasteiger partial charge in [-0.25, -0.2) is 0 Å². The quantitative estimate of drug-likeness (QED) is 0.663. The molecule has 2 aromatic carbocycles. The van der Waals surface area contributed by atoms with E-state index in [9.17, 15) is 4.79 Å². The van der Waals surface area contributed by atoms with Gasteiger partial charge in [0.2, 0.25) is 0 Å². The summed E-state index contributed by atoms with van der Waals surface area (Å²) in [5.41, 5.74) is 2.45. The number of methoxy groups -OCH3 is 1. The molecule has 0 aliphatic carbocycles. The first-order valence-electron chi connectivity index (χ1n) is 5.94. The van der Waals surface area contributed by atoms with Crippen LogP contribution in [-0.4, -0.2) is 13.4 Å². The maximum atomic E-state index is 11.2. The summed E-state index contributed by atoms with van der Waals surface area (Å²) in [7, 11) is 1.60. The summed E-state index contributed by atoms with van der Waals surface area (Å²) in [5.74, 6) is 1.05. The summed E-state index contributed by atoms with van der Waals surface area (Å²) < 4.78 is 10.8. The highest BCUT2D eigenvalue weighted by Crippen LogP contribution is 2.35. The summed E-state index contributed by atoms with van der Waals surface area (Å²) >= 11 is 0. The van der Waals surface area contributed by atoms with Gasteiger partial charge in [-0.15, -0.1) is 0 Å². The third-order valence-electron chi connectivity index (χ3n) is 3.09. The second-order valence-electron chi connectivity index (χ2n) is 4.19. The number of rotatable bonds is 3. The third kappa shape index (κ3) is 1.89. The van der Waals surface area contributed by atoms with Crippen molar-refractivity contribution >= 4 is 17.3 Å². The maximum Gasteiger partial charge on any atom is 0.186 e. The van der Waals surface area contributed by atoms with Crippen molar-refractivity contribution in [1.82, 2.24) is 0 Å². The molecule has 0 saturated carbocycles. The molecule has 0 bridgehead atoms. The molecule has 94 valence electrons. The van der Waals surface area contributed by atoms with E-state index < -0.39 is 0 Å². The van der Waals surface area contributed by atoms with Crippen molar-refractivity contribution in [3.05, 3.63) is 54.3 Å². The Morgan fingerprint density at radius 3 is 2.58 bits per heavy atom. The van der Waals surface area contributed by atoms with Gasteiger partial charge in [0.05, 0.1) is 7.11 Å². The Balaban J connectivity index is 2.31. The monoisotopic (exact) mass is 252 g/mol. The van der Waals surface area contributed by atoms with E-state index in [0.29, 0.717) is 17.1 Å². The summed E-state index contributed by atoms with van der Waals surface area (Å²) in [6, 6.07) is 15.3. The number of furan rings is 1. The van der Waals surface area contributed by atoms with Crippen LogP contribution in [0.1, 0.15) is 10.6 Å². The summed E-state index contributed by atoms with van der Waals surface area (Å²) in [4.78, 5) is 11.2. The Morgan fingerprint density at radius 1 is 1.11 bits per heavy atom. The van der Waals surface area contributed by atoms with Crippen molar-refractivity contribution in [1.29, 1.82) is 0 Å². The molecule has 0 fully saturated rings. The average Bonchev–Trinajstić information content (AvgIpc) is 2.85. The number of carbonyl (C=O) groups excluding carboxylic acids is 1. The smallest absolute Gasteiger partial charge is 0.186 e. The highest BCUT2D eigenvalue weighted by Gasteiger charge is 2.15. The zero-order valence-corrected chi connectivity index (χ0v) is 10.4. The molecule has 3 aromatic rings. The minimum atomic E-state index is 0.342. The second-order valence-corrected chi connectivity index (χ2v) is 4.19. The normalized spacial score (nSPS) is 10.6. The molecule has 3 rings (SSSR count). The molecule has 19 heavy (non-hydrogen) atoms. The largest absolute Gasteiger partial charge is 0.497 e. The van der Waals surface area contributed by atoms with Crippen LogP contribution < -0.4 is 4.74 Å². The molecule has 1 heterocycles. The second kappa shape index (κ2) is 4.61. The van der Waals surface area contributed by atoms with Gasteiger partial charge in [-0.05, 0) is 17.7 Å². The van der Waals surface area contributed by atoms with E-state index in [4.69, 9.17) is 9.15 Å². The van der Waals surface area contributed by atoms with Crippen molar-refractivity contribution in [2.24, 2.45) is 0 Å². The lowest BCUT2D eigenvalue weighted by molar-refractivity contribution is 0.110. The highest BCUT2D eigenvalue weighted by molar-refractivity contribution is 6.02. The average molecular weight is 252 g/mol. The number of hydrogen-bond donors (Lipinski definition) is 0. The number of fused-ring (bicyclic) bond motifs is 1. The Labute approximate surface area is 110 Å². The van der Waals surface area contributed by atoms with E-state index >= 15 is 0 Å². The van der Waals surface area contributed by atoms with Gasteiger partial charge in [-0.2, -0.15) is 0 Å². The van der Waals surface area contributed by atoms with E-state index in [1.807, 2.05) is 42.5 Å². The van der Waals surface area contributed by atoms with Gasteiger partial charge in [0.15, 0.2) is 12.0 Å². The van der Waals surface area contributed by atoms with Gasteiger partial charge in [-0.3, -0.25) is 4.79 Å². The first-order valence-corrected chi connectivity index (χ1v) is 5.94. The van der Waals surface area contributed by atoms with Crippen molar-refractivity contribution in [2.45, 2.75) is 0 Å².